The van der Waals surface area contributed by atoms with Gasteiger partial charge >= 0.3 is 18.2 Å². The number of aromatic carboxylic acids is 1. The van der Waals surface area contributed by atoms with E-state index >= 15 is 0 Å². The first-order chi connectivity index (χ1) is 20.9. The van der Waals surface area contributed by atoms with E-state index in [1.165, 1.54) is 24.3 Å². The predicted molar refractivity (Wildman–Crippen MR) is 161 cm³/mol. The van der Waals surface area contributed by atoms with Crippen molar-refractivity contribution in [1.82, 2.24) is 16.0 Å². The van der Waals surface area contributed by atoms with Gasteiger partial charge in [-0.3, -0.25) is 9.59 Å². The van der Waals surface area contributed by atoms with Crippen LogP contribution in [-0.2, 0) is 19.1 Å². The molecule has 0 saturated heterocycles. The van der Waals surface area contributed by atoms with Crippen molar-refractivity contribution in [2.75, 3.05) is 25.0 Å². The Morgan fingerprint density at radius 3 is 1.98 bits per heavy atom. The zero-order valence-electron chi connectivity index (χ0n) is 24.5. The highest BCUT2D eigenvalue weighted by Gasteiger charge is 2.30. The molecule has 12 heteroatoms. The standard InChI is InChI=1S/C32H34N4O8/c1-32(2,3)44-30(41)34-16-26(28(38)33-17-27(37)35-20-14-12-19(13-15-20)29(39)40)36-31(42)43-18-25-23-10-6-4-8-21(23)22-9-5-7-11-24(22)25/h4-15,25-26H,16-18H2,1-3H3,(H,33,38)(H,34,41)(H,35,37)(H,36,42)(H,39,40)/t26-/m1/s1. The van der Waals surface area contributed by atoms with Gasteiger partial charge in [0.2, 0.25) is 11.8 Å². The second-order valence-electron chi connectivity index (χ2n) is 11.1. The molecule has 5 N–H and O–H groups in total. The number of benzene rings is 3. The number of alkyl carbamates (subject to hydrolysis) is 2. The molecule has 230 valence electrons. The van der Waals surface area contributed by atoms with Gasteiger partial charge in [-0.2, -0.15) is 0 Å². The van der Waals surface area contributed by atoms with Crippen molar-refractivity contribution in [1.29, 1.82) is 0 Å². The molecule has 12 nitrogen and oxygen atoms in total. The van der Waals surface area contributed by atoms with Crippen molar-refractivity contribution in [2.24, 2.45) is 0 Å². The summed E-state index contributed by atoms with van der Waals surface area (Å²) in [6.45, 7) is 4.24. The molecule has 1 atom stereocenters. The van der Waals surface area contributed by atoms with Gasteiger partial charge < -0.3 is 35.8 Å². The first-order valence-electron chi connectivity index (χ1n) is 13.9. The third kappa shape index (κ3) is 8.34. The predicted octanol–water partition coefficient (Wildman–Crippen LogP) is 3.87. The molecule has 0 bridgehead atoms. The zero-order valence-corrected chi connectivity index (χ0v) is 24.5. The molecular weight excluding hydrogens is 568 g/mol. The van der Waals surface area contributed by atoms with Crippen LogP contribution in [0.1, 0.15) is 48.2 Å². The lowest BCUT2D eigenvalue weighted by atomic mass is 9.98. The molecule has 4 rings (SSSR count). The fourth-order valence-electron chi connectivity index (χ4n) is 4.68. The lowest BCUT2D eigenvalue weighted by molar-refractivity contribution is -0.125. The smallest absolute Gasteiger partial charge is 0.407 e. The molecule has 0 aromatic heterocycles. The molecule has 1 aliphatic carbocycles. The first kappa shape index (κ1) is 31.5. The minimum Gasteiger partial charge on any atom is -0.478 e. The Hall–Kier alpha value is -5.39. The second-order valence-corrected chi connectivity index (χ2v) is 11.1. The van der Waals surface area contributed by atoms with Gasteiger partial charge in [-0.1, -0.05) is 48.5 Å². The van der Waals surface area contributed by atoms with Crippen molar-refractivity contribution in [2.45, 2.75) is 38.3 Å². The number of ether oxygens (including phenoxy) is 2. The number of nitrogens with one attached hydrogen (secondary N) is 4. The van der Waals surface area contributed by atoms with Gasteiger partial charge in [0.1, 0.15) is 18.2 Å². The van der Waals surface area contributed by atoms with Crippen LogP contribution in [0.2, 0.25) is 0 Å². The van der Waals surface area contributed by atoms with E-state index in [0.29, 0.717) is 5.69 Å². The van der Waals surface area contributed by atoms with Crippen molar-refractivity contribution < 1.29 is 38.6 Å². The summed E-state index contributed by atoms with van der Waals surface area (Å²) in [5.41, 5.74) is 3.75. The van der Waals surface area contributed by atoms with Crippen LogP contribution >= 0.6 is 0 Å². The Kier molecular flexibility index (Phi) is 9.84. The summed E-state index contributed by atoms with van der Waals surface area (Å²) in [5.74, 6) is -2.66. The minimum atomic E-state index is -1.30. The van der Waals surface area contributed by atoms with Crippen molar-refractivity contribution >= 4 is 35.7 Å². The molecule has 0 heterocycles. The summed E-state index contributed by atoms with van der Waals surface area (Å²) in [6.07, 6.45) is -1.69. The van der Waals surface area contributed by atoms with Crippen LogP contribution in [0, 0.1) is 0 Å². The molecule has 3 aromatic carbocycles. The van der Waals surface area contributed by atoms with E-state index in [-0.39, 0.29) is 24.6 Å². The van der Waals surface area contributed by atoms with Gasteiger partial charge in [0, 0.05) is 11.6 Å². The highest BCUT2D eigenvalue weighted by molar-refractivity contribution is 5.96. The van der Waals surface area contributed by atoms with Crippen molar-refractivity contribution in [3.05, 3.63) is 89.5 Å². The number of rotatable bonds is 10. The number of hydrogen-bond acceptors (Lipinski definition) is 7. The topological polar surface area (TPSA) is 172 Å². The Bertz CT molecular complexity index is 1500. The lowest BCUT2D eigenvalue weighted by Crippen LogP contribution is -2.54. The van der Waals surface area contributed by atoms with Crippen LogP contribution in [0.4, 0.5) is 15.3 Å². The van der Waals surface area contributed by atoms with Crippen LogP contribution in [0.5, 0.6) is 0 Å². The second kappa shape index (κ2) is 13.7. The Balaban J connectivity index is 1.37. The van der Waals surface area contributed by atoms with E-state index in [1.54, 1.807) is 20.8 Å². The van der Waals surface area contributed by atoms with Gasteiger partial charge in [-0.05, 0) is 67.3 Å². The summed E-state index contributed by atoms with van der Waals surface area (Å²) >= 11 is 0. The molecule has 4 amide bonds. The van der Waals surface area contributed by atoms with E-state index in [2.05, 4.69) is 21.3 Å². The summed E-state index contributed by atoms with van der Waals surface area (Å²) in [5, 5.41) is 18.9. The summed E-state index contributed by atoms with van der Waals surface area (Å²) in [4.78, 5) is 61.6. The molecule has 44 heavy (non-hydrogen) atoms. The van der Waals surface area contributed by atoms with Crippen LogP contribution in [0.3, 0.4) is 0 Å². The third-order valence-electron chi connectivity index (χ3n) is 6.64. The molecule has 0 fully saturated rings. The quantitative estimate of drug-likeness (QED) is 0.233. The summed E-state index contributed by atoms with van der Waals surface area (Å²) in [7, 11) is 0. The average molecular weight is 603 g/mol. The number of fused-ring (bicyclic) bond motifs is 3. The Morgan fingerprint density at radius 1 is 0.818 bits per heavy atom. The monoisotopic (exact) mass is 602 g/mol. The lowest BCUT2D eigenvalue weighted by Gasteiger charge is -2.22. The van der Waals surface area contributed by atoms with E-state index in [4.69, 9.17) is 14.6 Å². The van der Waals surface area contributed by atoms with E-state index in [1.807, 2.05) is 48.5 Å². The number of carboxylic acid groups (broad SMARTS) is 1. The van der Waals surface area contributed by atoms with Crippen LogP contribution in [-0.4, -0.2) is 66.4 Å². The molecule has 0 spiro atoms. The summed E-state index contributed by atoms with van der Waals surface area (Å²) < 4.78 is 10.8. The number of carboxylic acids is 1. The Labute approximate surface area is 254 Å². The van der Waals surface area contributed by atoms with E-state index in [0.717, 1.165) is 22.3 Å². The maximum atomic E-state index is 13.0. The molecule has 0 aliphatic heterocycles. The molecule has 1 aliphatic rings. The van der Waals surface area contributed by atoms with Gasteiger partial charge in [0.25, 0.3) is 0 Å². The van der Waals surface area contributed by atoms with Crippen LogP contribution in [0.15, 0.2) is 72.8 Å². The maximum Gasteiger partial charge on any atom is 0.407 e. The average Bonchev–Trinajstić information content (AvgIpc) is 3.30. The van der Waals surface area contributed by atoms with Crippen molar-refractivity contribution in [3.63, 3.8) is 0 Å². The van der Waals surface area contributed by atoms with E-state index < -0.39 is 48.2 Å². The number of amides is 4. The highest BCUT2D eigenvalue weighted by atomic mass is 16.6. The summed E-state index contributed by atoms with van der Waals surface area (Å²) in [6, 6.07) is 19.9. The maximum absolute atomic E-state index is 13.0. The van der Waals surface area contributed by atoms with Gasteiger partial charge in [-0.15, -0.1) is 0 Å². The number of hydrogen-bond donors (Lipinski definition) is 5. The van der Waals surface area contributed by atoms with Gasteiger partial charge in [-0.25, -0.2) is 14.4 Å². The first-order valence-corrected chi connectivity index (χ1v) is 13.9. The van der Waals surface area contributed by atoms with Gasteiger partial charge in [0.05, 0.1) is 18.7 Å². The largest absolute Gasteiger partial charge is 0.478 e. The fourth-order valence-corrected chi connectivity index (χ4v) is 4.68. The van der Waals surface area contributed by atoms with Crippen molar-refractivity contribution in [3.8, 4) is 11.1 Å². The number of carbonyl (C=O) groups is 5. The molecule has 0 unspecified atom stereocenters. The highest BCUT2D eigenvalue weighted by Crippen LogP contribution is 2.44. The number of carbonyl (C=O) groups excluding carboxylic acids is 4. The normalized spacial score (nSPS) is 12.6. The zero-order chi connectivity index (χ0) is 31.9. The van der Waals surface area contributed by atoms with Crippen LogP contribution in [0.25, 0.3) is 11.1 Å². The molecule has 0 radical (unpaired) electrons. The molecular formula is C32H34N4O8. The third-order valence-corrected chi connectivity index (χ3v) is 6.64. The molecule has 3 aromatic rings. The van der Waals surface area contributed by atoms with E-state index in [9.17, 15) is 24.0 Å². The number of anilines is 1. The Morgan fingerprint density at radius 2 is 1.41 bits per heavy atom. The van der Waals surface area contributed by atoms with Crippen LogP contribution < -0.4 is 21.3 Å². The molecule has 0 saturated carbocycles. The minimum absolute atomic E-state index is 0.0107. The fraction of sp³-hybridized carbons (Fsp3) is 0.281. The SMILES string of the molecule is CC(C)(C)OC(=O)NC[C@@H](NC(=O)OCC1c2ccccc2-c2ccccc21)C(=O)NCC(=O)Nc1ccc(C(=O)O)cc1. The van der Waals surface area contributed by atoms with Gasteiger partial charge in [0.15, 0.2) is 0 Å².